The molecule has 8 fully saturated rings. The van der Waals surface area contributed by atoms with Crippen molar-refractivity contribution >= 4 is 90.0 Å². The highest BCUT2D eigenvalue weighted by atomic mass is 16.3. The Morgan fingerprint density at radius 1 is 0.443 bits per heavy atom. The van der Waals surface area contributed by atoms with Crippen molar-refractivity contribution < 1.29 is 4.42 Å². The lowest BCUT2D eigenvalue weighted by molar-refractivity contribution is -0.00526. The van der Waals surface area contributed by atoms with E-state index in [1.807, 2.05) is 0 Å². The first-order chi connectivity index (χ1) is 39.0. The van der Waals surface area contributed by atoms with Crippen molar-refractivity contribution in [3.63, 3.8) is 0 Å². The van der Waals surface area contributed by atoms with Gasteiger partial charge in [0.15, 0.2) is 0 Å². The van der Waals surface area contributed by atoms with E-state index in [1.54, 1.807) is 11.1 Å². The van der Waals surface area contributed by atoms with Crippen LogP contribution >= 0.6 is 0 Å². The number of benzene rings is 9. The number of furan rings is 1. The van der Waals surface area contributed by atoms with E-state index in [0.717, 1.165) is 69.1 Å². The summed E-state index contributed by atoms with van der Waals surface area (Å²) >= 11 is 0. The van der Waals surface area contributed by atoms with Gasteiger partial charge < -0.3 is 18.7 Å². The van der Waals surface area contributed by atoms with Crippen LogP contribution in [0, 0.1) is 35.5 Å². The molecule has 0 unspecified atom stereocenters. The zero-order valence-corrected chi connectivity index (χ0v) is 44.8. The summed E-state index contributed by atoms with van der Waals surface area (Å²) in [5.41, 5.74) is 23.3. The van der Waals surface area contributed by atoms with Crippen molar-refractivity contribution in [2.45, 2.75) is 87.9 Å². The summed E-state index contributed by atoms with van der Waals surface area (Å²) in [5, 5.41) is 5.25. The van der Waals surface area contributed by atoms with Crippen LogP contribution in [0.25, 0.3) is 71.7 Å². The van der Waals surface area contributed by atoms with Gasteiger partial charge in [-0.3, -0.25) is 0 Å². The highest BCUT2D eigenvalue weighted by molar-refractivity contribution is 6.93. The first-order valence-corrected chi connectivity index (χ1v) is 30.1. The molecule has 4 nitrogen and oxygen atoms in total. The summed E-state index contributed by atoms with van der Waals surface area (Å²) in [6, 6.07) is 74.7. The fourth-order valence-corrected chi connectivity index (χ4v) is 19.8. The number of fused-ring (bicyclic) bond motifs is 11. The minimum Gasteiger partial charge on any atom is -0.456 e. The molecule has 21 rings (SSSR count). The molecule has 4 heterocycles. The third-order valence-electron chi connectivity index (χ3n) is 22.0. The number of nitrogens with zero attached hydrogens (tertiary/aromatic N) is 3. The number of aromatic nitrogens is 1. The number of hydrogen-bond donors (Lipinski definition) is 0. The summed E-state index contributed by atoms with van der Waals surface area (Å²) in [6.45, 7) is -0.109. The van der Waals surface area contributed by atoms with Crippen LogP contribution in [0.3, 0.4) is 0 Å². The highest BCUT2D eigenvalue weighted by Gasteiger charge is 2.54. The van der Waals surface area contributed by atoms with E-state index in [-0.39, 0.29) is 17.7 Å². The van der Waals surface area contributed by atoms with Gasteiger partial charge in [-0.05, 0) is 247 Å². The molecule has 5 heteroatoms. The Hall–Kier alpha value is -7.76. The van der Waals surface area contributed by atoms with E-state index in [0.29, 0.717) is 0 Å². The van der Waals surface area contributed by atoms with Gasteiger partial charge in [0.25, 0.3) is 0 Å². The number of anilines is 5. The van der Waals surface area contributed by atoms with Crippen LogP contribution in [-0.2, 0) is 10.8 Å². The van der Waals surface area contributed by atoms with Crippen molar-refractivity contribution in [1.82, 2.24) is 4.57 Å². The zero-order chi connectivity index (χ0) is 51.3. The third kappa shape index (κ3) is 6.23. The van der Waals surface area contributed by atoms with Crippen LogP contribution < -0.4 is 20.6 Å². The average Bonchev–Trinajstić information content (AvgIpc) is 3.49. The molecule has 0 radical (unpaired) electrons. The third-order valence-corrected chi connectivity index (χ3v) is 22.0. The van der Waals surface area contributed by atoms with E-state index in [9.17, 15) is 0 Å². The van der Waals surface area contributed by atoms with Crippen molar-refractivity contribution in [3.05, 3.63) is 205 Å². The second-order valence-electron chi connectivity index (χ2n) is 26.5. The summed E-state index contributed by atoms with van der Waals surface area (Å²) in [6.07, 6.45) is 16.8. The normalized spacial score (nSPS) is 26.4. The van der Waals surface area contributed by atoms with Crippen LogP contribution in [0.1, 0.15) is 88.2 Å². The molecule has 0 spiro atoms. The monoisotopic (exact) mass is 1020 g/mol. The molecule has 9 aromatic carbocycles. The molecule has 79 heavy (non-hydrogen) atoms. The van der Waals surface area contributed by atoms with Crippen molar-refractivity contribution in [2.75, 3.05) is 9.71 Å². The Bertz CT molecular complexity index is 4230. The van der Waals surface area contributed by atoms with Gasteiger partial charge in [-0.2, -0.15) is 0 Å². The van der Waals surface area contributed by atoms with Gasteiger partial charge in [0.05, 0.1) is 11.0 Å². The Labute approximate surface area is 462 Å². The van der Waals surface area contributed by atoms with E-state index in [2.05, 4.69) is 208 Å². The number of hydrogen-bond acceptors (Lipinski definition) is 3. The standard InChI is InChI=1S/C74H62BN3O/c1-4-12-51(13-5-1)52-20-23-57(24-21-52)78-65-26-27-68-70(59-18-10-11-19-67(59)79-68)69(65)62-37-58(76(55-14-6-2-7-15-55)56-16-8-3-9-17-56)38-66-71(62)75(78)63-36-54(74-42-48-31-49(43-74)33-50(32-48)44-74)35-61-60-34-53(22-25-64(60)77(66)72(61)63)73-39-45-28-46(40-73)30-47(29-45)41-73/h1-27,34-38,45-50H,28-33,39-44H2. The van der Waals surface area contributed by atoms with Crippen molar-refractivity contribution in [1.29, 1.82) is 0 Å². The molecule has 2 aliphatic heterocycles. The molecule has 8 bridgehead atoms. The van der Waals surface area contributed by atoms with Gasteiger partial charge in [0, 0.05) is 61.2 Å². The summed E-state index contributed by atoms with van der Waals surface area (Å²) < 4.78 is 9.67. The molecule has 382 valence electrons. The molecule has 0 amide bonds. The maximum atomic E-state index is 6.90. The lowest BCUT2D eigenvalue weighted by Crippen LogP contribution is -2.61. The molecule has 8 saturated carbocycles. The molecule has 0 atom stereocenters. The molecule has 0 saturated heterocycles. The van der Waals surface area contributed by atoms with Crippen LogP contribution in [-0.4, -0.2) is 11.4 Å². The minimum absolute atomic E-state index is 0.109. The van der Waals surface area contributed by atoms with E-state index in [4.69, 9.17) is 4.42 Å². The average molecular weight is 1020 g/mol. The van der Waals surface area contributed by atoms with E-state index >= 15 is 0 Å². The van der Waals surface area contributed by atoms with Crippen LogP contribution in [0.5, 0.6) is 0 Å². The molecular formula is C74H62BN3O. The van der Waals surface area contributed by atoms with Crippen molar-refractivity contribution in [3.8, 4) is 27.9 Å². The molecule has 8 aliphatic carbocycles. The fourth-order valence-electron chi connectivity index (χ4n) is 19.8. The lowest BCUT2D eigenvalue weighted by Gasteiger charge is -2.57. The molecule has 11 aromatic rings. The lowest BCUT2D eigenvalue weighted by atomic mass is 9.42. The maximum Gasteiger partial charge on any atom is 0.333 e. The summed E-state index contributed by atoms with van der Waals surface area (Å²) in [7, 11) is 0. The fraction of sp³-hybridized carbons (Fsp3) is 0.270. The van der Waals surface area contributed by atoms with Gasteiger partial charge in [-0.1, -0.05) is 109 Å². The largest absolute Gasteiger partial charge is 0.456 e. The first kappa shape index (κ1) is 44.1. The van der Waals surface area contributed by atoms with Gasteiger partial charge >= 0.3 is 6.85 Å². The quantitative estimate of drug-likeness (QED) is 0.149. The summed E-state index contributed by atoms with van der Waals surface area (Å²) in [4.78, 5) is 5.26. The SMILES string of the molecule is c1ccc(-c2ccc(N3B4c5c(cc(N(c6ccccc6)c6ccccc6)cc5-n5c6ccc(C78CC9CC(CC(C9)C7)C8)cc6c6cc(C78CC9CC(CC(C9)C7)C8)cc4c65)-c4c3ccc3oc5ccccc5c43)cc2)cc1. The Balaban J connectivity index is 0.952. The van der Waals surface area contributed by atoms with Gasteiger partial charge in [-0.15, -0.1) is 0 Å². The number of rotatable bonds is 7. The highest BCUT2D eigenvalue weighted by Crippen LogP contribution is 2.63. The predicted molar refractivity (Wildman–Crippen MR) is 327 cm³/mol. The Morgan fingerprint density at radius 2 is 1.01 bits per heavy atom. The smallest absolute Gasteiger partial charge is 0.333 e. The van der Waals surface area contributed by atoms with Crippen LogP contribution in [0.15, 0.2) is 199 Å². The van der Waals surface area contributed by atoms with Gasteiger partial charge in [-0.25, -0.2) is 0 Å². The zero-order valence-electron chi connectivity index (χ0n) is 44.8. The second-order valence-corrected chi connectivity index (χ2v) is 26.5. The Kier molecular flexibility index (Phi) is 8.92. The van der Waals surface area contributed by atoms with Crippen molar-refractivity contribution in [2.24, 2.45) is 35.5 Å². The first-order valence-electron chi connectivity index (χ1n) is 30.1. The van der Waals surface area contributed by atoms with E-state index in [1.165, 1.54) is 154 Å². The van der Waals surface area contributed by atoms with Crippen LogP contribution in [0.4, 0.5) is 28.4 Å². The molecule has 2 aromatic heterocycles. The maximum absolute atomic E-state index is 6.90. The number of para-hydroxylation sites is 3. The summed E-state index contributed by atoms with van der Waals surface area (Å²) in [5.74, 6) is 5.19. The molecular weight excluding hydrogens is 958 g/mol. The minimum atomic E-state index is -0.109. The predicted octanol–water partition coefficient (Wildman–Crippen LogP) is 18.0. The molecule has 10 aliphatic rings. The second kappa shape index (κ2) is 16.0. The topological polar surface area (TPSA) is 24.6 Å². The molecule has 0 N–H and O–H groups in total. The van der Waals surface area contributed by atoms with Crippen LogP contribution in [0.2, 0.25) is 0 Å². The Morgan fingerprint density at radius 3 is 1.66 bits per heavy atom. The van der Waals surface area contributed by atoms with Gasteiger partial charge in [0.2, 0.25) is 0 Å². The van der Waals surface area contributed by atoms with Gasteiger partial charge in [0.1, 0.15) is 11.2 Å². The van der Waals surface area contributed by atoms with E-state index < -0.39 is 0 Å².